The molecule has 0 fully saturated rings. The Morgan fingerprint density at radius 2 is 2.10 bits per heavy atom. The predicted octanol–water partition coefficient (Wildman–Crippen LogP) is 1.06. The van der Waals surface area contributed by atoms with Gasteiger partial charge in [-0.2, -0.15) is 5.10 Å². The molecule has 9 heteroatoms. The van der Waals surface area contributed by atoms with E-state index in [2.05, 4.69) is 15.5 Å². The molecule has 9 nitrogen and oxygen atoms in total. The zero-order valence-electron chi connectivity index (χ0n) is 11.2. The van der Waals surface area contributed by atoms with E-state index in [4.69, 9.17) is 5.11 Å². The van der Waals surface area contributed by atoms with Gasteiger partial charge in [-0.3, -0.25) is 20.0 Å². The molecule has 0 unspecified atom stereocenters. The number of nitro groups is 1. The van der Waals surface area contributed by atoms with Crippen LogP contribution in [0.1, 0.15) is 24.3 Å². The SMILES string of the molecule is CC(C)(NC(=O)c1n[nH]c2ccc([N+](=O)[O-])cc12)C(=O)O. The Kier molecular flexibility index (Phi) is 3.34. The van der Waals surface area contributed by atoms with Crippen molar-refractivity contribution in [1.82, 2.24) is 15.5 Å². The summed E-state index contributed by atoms with van der Waals surface area (Å²) < 4.78 is 0. The van der Waals surface area contributed by atoms with E-state index in [0.717, 1.165) is 0 Å². The molecule has 1 aromatic carbocycles. The summed E-state index contributed by atoms with van der Waals surface area (Å²) in [6.45, 7) is 2.65. The molecular formula is C12H12N4O5. The molecule has 3 N–H and O–H groups in total. The van der Waals surface area contributed by atoms with Crippen molar-refractivity contribution in [3.05, 3.63) is 34.0 Å². The molecule has 1 amide bonds. The third kappa shape index (κ3) is 2.66. The van der Waals surface area contributed by atoms with Crippen LogP contribution in [0.15, 0.2) is 18.2 Å². The highest BCUT2D eigenvalue weighted by molar-refractivity contribution is 6.06. The lowest BCUT2D eigenvalue weighted by Gasteiger charge is -2.20. The third-order valence-electron chi connectivity index (χ3n) is 2.93. The minimum Gasteiger partial charge on any atom is -0.480 e. The van der Waals surface area contributed by atoms with Crippen LogP contribution in [0.4, 0.5) is 5.69 Å². The smallest absolute Gasteiger partial charge is 0.328 e. The topological polar surface area (TPSA) is 138 Å². The van der Waals surface area contributed by atoms with Crippen LogP contribution in [-0.2, 0) is 4.79 Å². The van der Waals surface area contributed by atoms with Crippen LogP contribution in [0.2, 0.25) is 0 Å². The highest BCUT2D eigenvalue weighted by Crippen LogP contribution is 2.22. The number of amides is 1. The third-order valence-corrected chi connectivity index (χ3v) is 2.93. The van der Waals surface area contributed by atoms with Gasteiger partial charge in [0.2, 0.25) is 0 Å². The van der Waals surface area contributed by atoms with Crippen LogP contribution >= 0.6 is 0 Å². The number of hydrogen-bond acceptors (Lipinski definition) is 5. The Bertz CT molecular complexity index is 749. The van der Waals surface area contributed by atoms with Gasteiger partial charge in [-0.25, -0.2) is 4.79 Å². The fourth-order valence-electron chi connectivity index (χ4n) is 1.69. The predicted molar refractivity (Wildman–Crippen MR) is 71.9 cm³/mol. The van der Waals surface area contributed by atoms with Crippen molar-refractivity contribution in [2.45, 2.75) is 19.4 Å². The average molecular weight is 292 g/mol. The van der Waals surface area contributed by atoms with E-state index >= 15 is 0 Å². The van der Waals surface area contributed by atoms with Crippen LogP contribution < -0.4 is 5.32 Å². The van der Waals surface area contributed by atoms with E-state index < -0.39 is 22.3 Å². The monoisotopic (exact) mass is 292 g/mol. The van der Waals surface area contributed by atoms with Gasteiger partial charge >= 0.3 is 5.97 Å². The number of nitrogens with one attached hydrogen (secondary N) is 2. The summed E-state index contributed by atoms with van der Waals surface area (Å²) in [4.78, 5) is 33.3. The van der Waals surface area contributed by atoms with E-state index in [1.165, 1.54) is 32.0 Å². The quantitative estimate of drug-likeness (QED) is 0.569. The number of H-pyrrole nitrogens is 1. The number of aliphatic carboxylic acids is 1. The van der Waals surface area contributed by atoms with E-state index in [9.17, 15) is 19.7 Å². The van der Waals surface area contributed by atoms with Gasteiger partial charge in [-0.15, -0.1) is 0 Å². The van der Waals surface area contributed by atoms with Gasteiger partial charge in [0, 0.05) is 17.5 Å². The van der Waals surface area contributed by atoms with Gasteiger partial charge in [-0.05, 0) is 19.9 Å². The summed E-state index contributed by atoms with van der Waals surface area (Å²) >= 11 is 0. The maximum absolute atomic E-state index is 12.1. The van der Waals surface area contributed by atoms with E-state index in [1.807, 2.05) is 0 Å². The molecule has 1 heterocycles. The first-order valence-corrected chi connectivity index (χ1v) is 5.91. The number of nitrogens with zero attached hydrogens (tertiary/aromatic N) is 2. The second kappa shape index (κ2) is 4.85. The molecule has 0 spiro atoms. The molecule has 110 valence electrons. The molecule has 0 atom stereocenters. The summed E-state index contributed by atoms with van der Waals surface area (Å²) in [6, 6.07) is 3.92. The van der Waals surface area contributed by atoms with Crippen molar-refractivity contribution in [2.75, 3.05) is 0 Å². The highest BCUT2D eigenvalue weighted by atomic mass is 16.6. The number of nitro benzene ring substituents is 1. The van der Waals surface area contributed by atoms with Gasteiger partial charge < -0.3 is 10.4 Å². The summed E-state index contributed by atoms with van der Waals surface area (Å²) in [5.41, 5.74) is -1.32. The maximum atomic E-state index is 12.1. The number of carbonyl (C=O) groups excluding carboxylic acids is 1. The molecule has 0 aliphatic rings. The van der Waals surface area contributed by atoms with Crippen molar-refractivity contribution in [1.29, 1.82) is 0 Å². The lowest BCUT2D eigenvalue weighted by atomic mass is 10.1. The zero-order chi connectivity index (χ0) is 15.8. The van der Waals surface area contributed by atoms with Crippen LogP contribution in [0.25, 0.3) is 10.9 Å². The maximum Gasteiger partial charge on any atom is 0.328 e. The lowest BCUT2D eigenvalue weighted by molar-refractivity contribution is -0.384. The van der Waals surface area contributed by atoms with Gasteiger partial charge in [0.15, 0.2) is 5.69 Å². The Morgan fingerprint density at radius 3 is 2.67 bits per heavy atom. The number of rotatable bonds is 4. The number of benzene rings is 1. The zero-order valence-corrected chi connectivity index (χ0v) is 11.2. The Balaban J connectivity index is 2.42. The van der Waals surface area contributed by atoms with Crippen molar-refractivity contribution >= 4 is 28.5 Å². The molecule has 2 aromatic rings. The highest BCUT2D eigenvalue weighted by Gasteiger charge is 2.30. The Morgan fingerprint density at radius 1 is 1.43 bits per heavy atom. The van der Waals surface area contributed by atoms with Gasteiger partial charge in [0.1, 0.15) is 5.54 Å². The molecule has 0 bridgehead atoms. The fourth-order valence-corrected chi connectivity index (χ4v) is 1.69. The molecular weight excluding hydrogens is 280 g/mol. The number of fused-ring (bicyclic) bond motifs is 1. The molecule has 0 saturated heterocycles. The van der Waals surface area contributed by atoms with Crippen molar-refractivity contribution in [3.8, 4) is 0 Å². The molecule has 21 heavy (non-hydrogen) atoms. The fraction of sp³-hybridized carbons (Fsp3) is 0.250. The van der Waals surface area contributed by atoms with Gasteiger partial charge in [0.05, 0.1) is 10.4 Å². The molecule has 0 saturated carbocycles. The van der Waals surface area contributed by atoms with Crippen LogP contribution in [0.5, 0.6) is 0 Å². The number of carboxylic acid groups (broad SMARTS) is 1. The number of carbonyl (C=O) groups is 2. The van der Waals surface area contributed by atoms with E-state index in [0.29, 0.717) is 5.52 Å². The van der Waals surface area contributed by atoms with Crippen LogP contribution in [0, 0.1) is 10.1 Å². The van der Waals surface area contributed by atoms with Crippen LogP contribution in [-0.4, -0.2) is 37.6 Å². The standard InChI is InChI=1S/C12H12N4O5/c1-12(2,11(18)19)13-10(17)9-7-5-6(16(20)21)3-4-8(7)14-15-9/h3-5H,1-2H3,(H,13,17)(H,14,15)(H,18,19). The molecule has 0 aliphatic heterocycles. The van der Waals surface area contributed by atoms with Gasteiger partial charge in [0.25, 0.3) is 11.6 Å². The Labute approximate surface area is 118 Å². The Hall–Kier alpha value is -2.97. The largest absolute Gasteiger partial charge is 0.480 e. The number of carboxylic acids is 1. The van der Waals surface area contributed by atoms with E-state index in [-0.39, 0.29) is 16.8 Å². The number of aromatic nitrogens is 2. The number of non-ortho nitro benzene ring substituents is 1. The first kappa shape index (κ1) is 14.4. The summed E-state index contributed by atoms with van der Waals surface area (Å²) in [5.74, 6) is -1.93. The summed E-state index contributed by atoms with van der Waals surface area (Å²) in [7, 11) is 0. The van der Waals surface area contributed by atoms with Crippen molar-refractivity contribution < 1.29 is 19.6 Å². The molecule has 2 rings (SSSR count). The summed E-state index contributed by atoms with van der Waals surface area (Å²) in [6.07, 6.45) is 0. The lowest BCUT2D eigenvalue weighted by Crippen LogP contribution is -2.49. The average Bonchev–Trinajstić information content (AvgIpc) is 2.80. The van der Waals surface area contributed by atoms with Crippen LogP contribution in [0.3, 0.4) is 0 Å². The summed E-state index contributed by atoms with van der Waals surface area (Å²) in [5, 5.41) is 28.7. The molecule has 0 radical (unpaired) electrons. The molecule has 1 aromatic heterocycles. The first-order chi connectivity index (χ1) is 9.72. The number of aromatic amines is 1. The van der Waals surface area contributed by atoms with Crippen molar-refractivity contribution in [3.63, 3.8) is 0 Å². The van der Waals surface area contributed by atoms with Gasteiger partial charge in [-0.1, -0.05) is 0 Å². The second-order valence-electron chi connectivity index (χ2n) is 4.94. The van der Waals surface area contributed by atoms with E-state index in [1.54, 1.807) is 0 Å². The van der Waals surface area contributed by atoms with Crippen molar-refractivity contribution in [2.24, 2.45) is 0 Å². The first-order valence-electron chi connectivity index (χ1n) is 5.91. The molecule has 0 aliphatic carbocycles. The minimum atomic E-state index is -1.48. The number of hydrogen-bond donors (Lipinski definition) is 3. The minimum absolute atomic E-state index is 0.0944. The normalized spacial score (nSPS) is 11.3. The second-order valence-corrected chi connectivity index (χ2v) is 4.94.